The Morgan fingerprint density at radius 2 is 0.538 bits per heavy atom. The van der Waals surface area contributed by atoms with E-state index in [2.05, 4.69) is 287 Å². The van der Waals surface area contributed by atoms with Crippen LogP contribution in [0.5, 0.6) is 0 Å². The van der Waals surface area contributed by atoms with E-state index in [0.29, 0.717) is 0 Å². The number of aryl methyl sites for hydroxylation is 2. The first-order valence-electron chi connectivity index (χ1n) is 26.8. The van der Waals surface area contributed by atoms with Crippen LogP contribution in [0.25, 0.3) is 144 Å². The molecular formula is C72H48N6. The Labute approximate surface area is 449 Å². The van der Waals surface area contributed by atoms with Crippen molar-refractivity contribution in [1.29, 1.82) is 0 Å². The van der Waals surface area contributed by atoms with E-state index in [1.807, 2.05) is 0 Å². The van der Waals surface area contributed by atoms with E-state index in [-0.39, 0.29) is 0 Å². The summed E-state index contributed by atoms with van der Waals surface area (Å²) >= 11 is 0. The van der Waals surface area contributed by atoms with Crippen LogP contribution in [0.3, 0.4) is 0 Å². The monoisotopic (exact) mass is 996 g/mol. The zero-order valence-corrected chi connectivity index (χ0v) is 42.9. The summed E-state index contributed by atoms with van der Waals surface area (Å²) in [6.07, 6.45) is 0. The molecule has 6 heteroatoms. The zero-order valence-electron chi connectivity index (χ0n) is 42.9. The number of aromatic nitrogens is 6. The molecule has 0 aliphatic carbocycles. The summed E-state index contributed by atoms with van der Waals surface area (Å²) < 4.78 is 10.2. The molecule has 0 amide bonds. The fraction of sp³-hybridized carbons (Fsp3) is 0.0278. The van der Waals surface area contributed by atoms with E-state index >= 15 is 0 Å². The highest BCUT2D eigenvalue weighted by molar-refractivity contribution is 6.18. The van der Waals surface area contributed by atoms with Gasteiger partial charge in [-0.25, -0.2) is 4.98 Å². The molecule has 0 fully saturated rings. The lowest BCUT2D eigenvalue weighted by Crippen LogP contribution is -2.16. The molecule has 78 heavy (non-hydrogen) atoms. The molecule has 0 saturated heterocycles. The fourth-order valence-electron chi connectivity index (χ4n) is 13.0. The average Bonchev–Trinajstić information content (AvgIpc) is 3.30. The third-order valence-corrected chi connectivity index (χ3v) is 16.2. The molecular weight excluding hydrogens is 949 g/mol. The van der Waals surface area contributed by atoms with E-state index in [4.69, 9.17) is 9.97 Å². The maximum atomic E-state index is 5.94. The molecule has 0 aliphatic heterocycles. The van der Waals surface area contributed by atoms with Crippen LogP contribution in [0.4, 0.5) is 0 Å². The van der Waals surface area contributed by atoms with E-state index in [9.17, 15) is 0 Å². The predicted octanol–water partition coefficient (Wildman–Crippen LogP) is 18.5. The Bertz CT molecular complexity index is 4660. The second kappa shape index (κ2) is 17.1. The van der Waals surface area contributed by atoms with Gasteiger partial charge in [-0.15, -0.1) is 0 Å². The van der Waals surface area contributed by atoms with Gasteiger partial charge >= 0.3 is 0 Å². The van der Waals surface area contributed by atoms with Gasteiger partial charge in [0.05, 0.1) is 83.8 Å². The summed E-state index contributed by atoms with van der Waals surface area (Å²) in [6.45, 7) is 4.28. The molecule has 16 aromatic rings. The predicted molar refractivity (Wildman–Crippen MR) is 325 cm³/mol. The highest BCUT2D eigenvalue weighted by atomic mass is 15.1. The number of benzene rings is 10. The Balaban J connectivity index is 1.30. The summed E-state index contributed by atoms with van der Waals surface area (Å²) in [5, 5.41) is 9.33. The normalized spacial score (nSPS) is 12.0. The zero-order chi connectivity index (χ0) is 51.6. The number of hydrogen-bond donors (Lipinski definition) is 0. The highest BCUT2D eigenvalue weighted by Crippen LogP contribution is 2.54. The van der Waals surface area contributed by atoms with Crippen molar-refractivity contribution in [2.45, 2.75) is 13.8 Å². The number of pyridine rings is 2. The molecule has 0 N–H and O–H groups in total. The minimum Gasteiger partial charge on any atom is -0.306 e. The van der Waals surface area contributed by atoms with Gasteiger partial charge in [0, 0.05) is 71.2 Å². The Hall–Kier alpha value is -10.3. The van der Waals surface area contributed by atoms with Crippen LogP contribution in [0, 0.1) is 13.8 Å². The maximum absolute atomic E-state index is 5.94. The van der Waals surface area contributed by atoms with Crippen molar-refractivity contribution < 1.29 is 0 Å². The van der Waals surface area contributed by atoms with Crippen LogP contribution >= 0.6 is 0 Å². The van der Waals surface area contributed by atoms with Gasteiger partial charge in [0.2, 0.25) is 0 Å². The molecule has 16 rings (SSSR count). The van der Waals surface area contributed by atoms with Crippen LogP contribution in [0.15, 0.2) is 255 Å². The minimum absolute atomic E-state index is 0.833. The summed E-state index contributed by atoms with van der Waals surface area (Å²) in [5.74, 6) is 0. The maximum Gasteiger partial charge on any atom is 0.0827 e. The van der Waals surface area contributed by atoms with Crippen molar-refractivity contribution >= 4 is 87.2 Å². The van der Waals surface area contributed by atoms with E-state index in [0.717, 1.165) is 133 Å². The first-order valence-corrected chi connectivity index (χ1v) is 26.8. The van der Waals surface area contributed by atoms with Gasteiger partial charge in [0.1, 0.15) is 0 Å². The third-order valence-electron chi connectivity index (χ3n) is 16.2. The molecule has 366 valence electrons. The summed E-state index contributed by atoms with van der Waals surface area (Å²) in [4.78, 5) is 11.4. The van der Waals surface area contributed by atoms with Crippen molar-refractivity contribution in [3.63, 3.8) is 0 Å². The second-order valence-electron chi connectivity index (χ2n) is 20.5. The van der Waals surface area contributed by atoms with Gasteiger partial charge < -0.3 is 18.3 Å². The molecule has 0 atom stereocenters. The van der Waals surface area contributed by atoms with Crippen LogP contribution in [0.1, 0.15) is 11.4 Å². The van der Waals surface area contributed by atoms with Crippen molar-refractivity contribution in [3.8, 4) is 56.4 Å². The average molecular weight is 997 g/mol. The van der Waals surface area contributed by atoms with Crippen LogP contribution in [0.2, 0.25) is 0 Å². The van der Waals surface area contributed by atoms with Crippen LogP contribution < -0.4 is 0 Å². The lowest BCUT2D eigenvalue weighted by Gasteiger charge is -2.31. The van der Waals surface area contributed by atoms with Gasteiger partial charge in [-0.05, 0) is 80.6 Å². The molecule has 0 saturated carbocycles. The first kappa shape index (κ1) is 44.0. The molecule has 10 aromatic carbocycles. The second-order valence-corrected chi connectivity index (χ2v) is 20.5. The van der Waals surface area contributed by atoms with E-state index in [1.165, 1.54) is 21.5 Å². The van der Waals surface area contributed by atoms with Crippen molar-refractivity contribution in [1.82, 2.24) is 28.2 Å². The largest absolute Gasteiger partial charge is 0.306 e. The Morgan fingerprint density at radius 3 is 0.872 bits per heavy atom. The van der Waals surface area contributed by atoms with Gasteiger partial charge in [-0.2, -0.15) is 0 Å². The number of para-hydroxylation sites is 8. The Morgan fingerprint density at radius 1 is 0.244 bits per heavy atom. The minimum atomic E-state index is 0.833. The van der Waals surface area contributed by atoms with Gasteiger partial charge in [0.25, 0.3) is 0 Å². The summed E-state index contributed by atoms with van der Waals surface area (Å²) in [5.41, 5.74) is 20.4. The van der Waals surface area contributed by atoms with Crippen molar-refractivity contribution in [2.24, 2.45) is 0 Å². The number of hydrogen-bond acceptors (Lipinski definition) is 2. The first-order chi connectivity index (χ1) is 38.6. The summed E-state index contributed by atoms with van der Waals surface area (Å²) in [6, 6.07) is 93.1. The molecule has 0 aliphatic rings. The topological polar surface area (TPSA) is 45.5 Å². The molecule has 0 radical (unpaired) electrons. The Kier molecular flexibility index (Phi) is 9.66. The SMILES string of the molecule is Cc1ccc(-c2c(-n3c4ccccc4c4ccccc43)c(-n3c4ccccc4c4ccccc43)c(-c3cccc(-c4ccccc4)n3)c(-n3c4ccccc4c4ccccc43)c2-n2c3ccccc3c3ccccc32)c(C)n1. The molecule has 6 heterocycles. The highest BCUT2D eigenvalue weighted by Gasteiger charge is 2.36. The lowest BCUT2D eigenvalue weighted by molar-refractivity contribution is 1.04. The molecule has 6 nitrogen and oxygen atoms in total. The molecule has 6 aromatic heterocycles. The van der Waals surface area contributed by atoms with Crippen LogP contribution in [-0.2, 0) is 0 Å². The molecule has 0 bridgehead atoms. The molecule has 0 spiro atoms. The number of nitrogens with zero attached hydrogens (tertiary/aromatic N) is 6. The lowest BCUT2D eigenvalue weighted by atomic mass is 9.90. The van der Waals surface area contributed by atoms with E-state index in [1.54, 1.807) is 0 Å². The van der Waals surface area contributed by atoms with Crippen LogP contribution in [-0.4, -0.2) is 28.2 Å². The number of rotatable bonds is 7. The quantitative estimate of drug-likeness (QED) is 0.160. The fourth-order valence-corrected chi connectivity index (χ4v) is 13.0. The standard InChI is InChI=1S/C72H48N6/c1-45-43-44-48(46(2)73-45)67-69(75-59-35-14-6-25-49(59)50-26-7-15-36-60(50)75)71(77-63-39-18-10-29-53(63)54-30-11-19-40-64(54)77)68(58-34-22-33-57(74-58)47-23-4-3-5-24-47)72(78-65-41-20-12-31-55(65)56-32-13-21-42-66(56)78)70(67)76-61-37-16-8-27-51(61)52-28-9-17-38-62(52)76/h3-44H,1-2H3. The smallest absolute Gasteiger partial charge is 0.0827 e. The summed E-state index contributed by atoms with van der Waals surface area (Å²) in [7, 11) is 0. The number of fused-ring (bicyclic) bond motifs is 12. The third kappa shape index (κ3) is 6.31. The van der Waals surface area contributed by atoms with Crippen molar-refractivity contribution in [2.75, 3.05) is 0 Å². The van der Waals surface area contributed by atoms with Crippen molar-refractivity contribution in [3.05, 3.63) is 266 Å². The van der Waals surface area contributed by atoms with Gasteiger partial charge in [-0.3, -0.25) is 4.98 Å². The van der Waals surface area contributed by atoms with Gasteiger partial charge in [-0.1, -0.05) is 188 Å². The molecule has 0 unspecified atom stereocenters. The van der Waals surface area contributed by atoms with Gasteiger partial charge in [0.15, 0.2) is 0 Å². The van der Waals surface area contributed by atoms with E-state index < -0.39 is 0 Å².